The summed E-state index contributed by atoms with van der Waals surface area (Å²) >= 11 is 0. The quantitative estimate of drug-likeness (QED) is 0.630. The van der Waals surface area contributed by atoms with E-state index >= 15 is 0 Å². The number of hydrogen-bond acceptors (Lipinski definition) is 4. The molecule has 3 rings (SSSR count). The van der Waals surface area contributed by atoms with Crippen molar-refractivity contribution in [3.63, 3.8) is 0 Å². The van der Waals surface area contributed by atoms with Gasteiger partial charge in [-0.25, -0.2) is 4.79 Å². The van der Waals surface area contributed by atoms with Gasteiger partial charge in [0.05, 0.1) is 23.9 Å². The van der Waals surface area contributed by atoms with E-state index in [0.717, 1.165) is 11.1 Å². The molecule has 0 aromatic heterocycles. The molecule has 1 fully saturated rings. The monoisotopic (exact) mass is 389 g/mol. The Balaban J connectivity index is 1.60. The zero-order valence-electron chi connectivity index (χ0n) is 14.9. The maximum absolute atomic E-state index is 11.9. The summed E-state index contributed by atoms with van der Waals surface area (Å²) < 4.78 is 17.8. The van der Waals surface area contributed by atoms with Gasteiger partial charge in [-0.05, 0) is 30.0 Å². The molecule has 1 saturated heterocycles. The van der Waals surface area contributed by atoms with Crippen LogP contribution in [0, 0.1) is 0 Å². The number of aromatic carboxylic acids is 1. The highest BCUT2D eigenvalue weighted by molar-refractivity contribution is 7.39. The third kappa shape index (κ3) is 5.27. The van der Waals surface area contributed by atoms with Gasteiger partial charge in [0, 0.05) is 12.6 Å². The van der Waals surface area contributed by atoms with E-state index in [1.165, 1.54) is 0 Å². The number of carbonyl (C=O) groups is 1. The molecule has 2 aromatic carbocycles. The Morgan fingerprint density at radius 1 is 1.19 bits per heavy atom. The molecule has 0 bridgehead atoms. The Bertz CT molecular complexity index is 790. The Labute approximate surface area is 159 Å². The highest BCUT2D eigenvalue weighted by Crippen LogP contribution is 2.31. The van der Waals surface area contributed by atoms with Crippen LogP contribution in [0.3, 0.4) is 0 Å². The van der Waals surface area contributed by atoms with Crippen molar-refractivity contribution in [2.75, 3.05) is 13.2 Å². The minimum atomic E-state index is -2.76. The lowest BCUT2D eigenvalue weighted by atomic mass is 9.99. The van der Waals surface area contributed by atoms with Gasteiger partial charge < -0.3 is 20.1 Å². The largest absolute Gasteiger partial charge is 0.478 e. The van der Waals surface area contributed by atoms with Gasteiger partial charge in [0.1, 0.15) is 0 Å². The van der Waals surface area contributed by atoms with Crippen LogP contribution < -0.4 is 5.32 Å². The van der Waals surface area contributed by atoms with Crippen molar-refractivity contribution in [3.05, 3.63) is 71.3 Å². The van der Waals surface area contributed by atoms with E-state index in [1.54, 1.807) is 12.1 Å². The van der Waals surface area contributed by atoms with Crippen molar-refractivity contribution < 1.29 is 24.1 Å². The number of carboxylic acids is 1. The molecular weight excluding hydrogens is 365 g/mol. The summed E-state index contributed by atoms with van der Waals surface area (Å²) in [5.41, 5.74) is 1.61. The molecule has 3 N–H and O–H groups in total. The van der Waals surface area contributed by atoms with Crippen molar-refractivity contribution in [1.29, 1.82) is 0 Å². The summed E-state index contributed by atoms with van der Waals surface area (Å²) in [6, 6.07) is 16.5. The molecular formula is C20H24NO5P. The molecule has 1 aliphatic rings. The molecule has 0 aliphatic carbocycles. The predicted octanol–water partition coefficient (Wildman–Crippen LogP) is 2.36. The molecule has 1 aliphatic heterocycles. The van der Waals surface area contributed by atoms with Crippen LogP contribution in [0.1, 0.15) is 21.5 Å². The average Bonchev–Trinajstić information content (AvgIpc) is 2.68. The van der Waals surface area contributed by atoms with E-state index in [9.17, 15) is 19.4 Å². The normalized spacial score (nSPS) is 22.1. The number of rotatable bonds is 7. The lowest BCUT2D eigenvalue weighted by molar-refractivity contribution is 0.00130. The highest BCUT2D eigenvalue weighted by Gasteiger charge is 2.31. The topological polar surface area (TPSA) is 95.9 Å². The van der Waals surface area contributed by atoms with Crippen molar-refractivity contribution in [1.82, 2.24) is 5.32 Å². The second-order valence-corrected chi connectivity index (χ2v) is 8.20. The van der Waals surface area contributed by atoms with Crippen LogP contribution in [0.5, 0.6) is 0 Å². The van der Waals surface area contributed by atoms with Crippen LogP contribution in [0.15, 0.2) is 54.6 Å². The average molecular weight is 389 g/mol. The number of ether oxygens (including phenoxy) is 1. The first-order valence-electron chi connectivity index (χ1n) is 8.97. The number of hydrogen-bond donors (Lipinski definition) is 3. The molecule has 4 atom stereocenters. The molecule has 7 heteroatoms. The van der Waals surface area contributed by atoms with Gasteiger partial charge in [-0.2, -0.15) is 0 Å². The summed E-state index contributed by atoms with van der Waals surface area (Å²) in [5.74, 6) is -0.943. The van der Waals surface area contributed by atoms with Gasteiger partial charge in [-0.3, -0.25) is 4.57 Å². The van der Waals surface area contributed by atoms with E-state index in [0.29, 0.717) is 31.6 Å². The summed E-state index contributed by atoms with van der Waals surface area (Å²) in [6.45, 7) is 0.841. The summed E-state index contributed by atoms with van der Waals surface area (Å²) in [4.78, 5) is 21.1. The number of morpholine rings is 1. The van der Waals surface area contributed by atoms with Gasteiger partial charge in [0.15, 0.2) is 8.03 Å². The van der Waals surface area contributed by atoms with Crippen LogP contribution in [0.4, 0.5) is 0 Å². The summed E-state index contributed by atoms with van der Waals surface area (Å²) in [5, 5.41) is 12.7. The molecule has 1 heterocycles. The summed E-state index contributed by atoms with van der Waals surface area (Å²) in [6.07, 6.45) is 0.688. The van der Waals surface area contributed by atoms with Crippen molar-refractivity contribution >= 4 is 14.0 Å². The fourth-order valence-corrected chi connectivity index (χ4v) is 4.39. The lowest BCUT2D eigenvalue weighted by Crippen LogP contribution is -2.51. The third-order valence-electron chi connectivity index (χ3n) is 4.90. The first-order chi connectivity index (χ1) is 13.0. The van der Waals surface area contributed by atoms with E-state index in [2.05, 4.69) is 5.32 Å². The minimum Gasteiger partial charge on any atom is -0.478 e. The molecule has 27 heavy (non-hydrogen) atoms. The molecule has 0 radical (unpaired) electrons. The Hall–Kier alpha value is -1.98. The van der Waals surface area contributed by atoms with Gasteiger partial charge >= 0.3 is 5.97 Å². The zero-order valence-corrected chi connectivity index (χ0v) is 15.9. The van der Waals surface area contributed by atoms with Crippen LogP contribution in [0.2, 0.25) is 0 Å². The zero-order chi connectivity index (χ0) is 19.2. The summed E-state index contributed by atoms with van der Waals surface area (Å²) in [7, 11) is -2.76. The van der Waals surface area contributed by atoms with E-state index < -0.39 is 19.7 Å². The van der Waals surface area contributed by atoms with Gasteiger partial charge in [-0.15, -0.1) is 0 Å². The minimum absolute atomic E-state index is 0.0276. The Morgan fingerprint density at radius 2 is 1.89 bits per heavy atom. The molecule has 144 valence electrons. The van der Waals surface area contributed by atoms with Gasteiger partial charge in [0.2, 0.25) is 0 Å². The number of carboxylic acid groups (broad SMARTS) is 1. The molecule has 0 saturated carbocycles. The van der Waals surface area contributed by atoms with Crippen molar-refractivity contribution in [2.45, 2.75) is 30.6 Å². The number of nitrogens with one attached hydrogen (secondary N) is 1. The van der Waals surface area contributed by atoms with Crippen LogP contribution in [0.25, 0.3) is 0 Å². The van der Waals surface area contributed by atoms with E-state index in [-0.39, 0.29) is 12.1 Å². The van der Waals surface area contributed by atoms with Crippen LogP contribution in [-0.4, -0.2) is 46.9 Å². The fraction of sp³-hybridized carbons (Fsp3) is 0.350. The van der Waals surface area contributed by atoms with Crippen molar-refractivity contribution in [2.24, 2.45) is 0 Å². The van der Waals surface area contributed by atoms with E-state index in [1.807, 2.05) is 42.5 Å². The maximum Gasteiger partial charge on any atom is 0.335 e. The van der Waals surface area contributed by atoms with Crippen molar-refractivity contribution in [3.8, 4) is 0 Å². The Kier molecular flexibility index (Phi) is 6.80. The SMILES string of the molecule is O=C(O)c1ccccc1C[C@@H]1CO[C@H](C(Cc2ccccc2)[PH](=O)O)CN1. The highest BCUT2D eigenvalue weighted by atomic mass is 31.1. The standard InChI is InChI=1S/C20H24NO5P/c22-20(23)17-9-5-4-8-15(17)11-16-13-26-18(12-21-16)19(27(24)25)10-14-6-2-1-3-7-14/h1-9,16,18-19,21,27H,10-13H2,(H,22,23)(H,24,25)/t16-,18+,19?/m1/s1. The Morgan fingerprint density at radius 3 is 2.52 bits per heavy atom. The van der Waals surface area contributed by atoms with Crippen LogP contribution in [-0.2, 0) is 22.1 Å². The maximum atomic E-state index is 11.9. The second-order valence-electron chi connectivity index (χ2n) is 6.78. The van der Waals surface area contributed by atoms with Gasteiger partial charge in [0.25, 0.3) is 0 Å². The smallest absolute Gasteiger partial charge is 0.335 e. The molecule has 2 aromatic rings. The third-order valence-corrected chi connectivity index (χ3v) is 6.11. The lowest BCUT2D eigenvalue weighted by Gasteiger charge is -2.34. The number of benzene rings is 2. The molecule has 0 spiro atoms. The molecule has 6 nitrogen and oxygen atoms in total. The first-order valence-corrected chi connectivity index (χ1v) is 10.4. The van der Waals surface area contributed by atoms with E-state index in [4.69, 9.17) is 4.74 Å². The molecule has 2 unspecified atom stereocenters. The predicted molar refractivity (Wildman–Crippen MR) is 104 cm³/mol. The van der Waals surface area contributed by atoms with Crippen LogP contribution >= 0.6 is 8.03 Å². The fourth-order valence-electron chi connectivity index (χ4n) is 3.45. The van der Waals surface area contributed by atoms with Gasteiger partial charge in [-0.1, -0.05) is 48.5 Å². The second kappa shape index (κ2) is 9.29. The first kappa shape index (κ1) is 19.8. The molecule has 0 amide bonds.